The van der Waals surface area contributed by atoms with E-state index in [9.17, 15) is 36.6 Å². The van der Waals surface area contributed by atoms with Gasteiger partial charge in [-0.2, -0.15) is 13.2 Å². The third-order valence-electron chi connectivity index (χ3n) is 7.37. The molecule has 4 rings (SSSR count). The van der Waals surface area contributed by atoms with Gasteiger partial charge < -0.3 is 34.4 Å². The Bertz CT molecular complexity index is 1710. The predicted octanol–water partition coefficient (Wildman–Crippen LogP) is 6.01. The van der Waals surface area contributed by atoms with Crippen LogP contribution in [0, 0.1) is 11.6 Å². The van der Waals surface area contributed by atoms with Crippen LogP contribution >= 0.6 is 0 Å². The van der Waals surface area contributed by atoms with Crippen LogP contribution in [0.5, 0.6) is 11.5 Å². The second kappa shape index (κ2) is 14.7. The Morgan fingerprint density at radius 2 is 1.66 bits per heavy atom. The number of aromatic nitrogens is 2. The number of carboxylic acids is 1. The summed E-state index contributed by atoms with van der Waals surface area (Å²) >= 11 is 0. The highest BCUT2D eigenvalue weighted by molar-refractivity contribution is 5.97. The van der Waals surface area contributed by atoms with Gasteiger partial charge in [0.1, 0.15) is 46.4 Å². The average molecular weight is 665 g/mol. The minimum atomic E-state index is -4.68. The van der Waals surface area contributed by atoms with Crippen molar-refractivity contribution in [2.75, 3.05) is 26.1 Å². The lowest BCUT2D eigenvalue weighted by molar-refractivity contribution is -0.143. The number of nitrogens with one attached hydrogen (secondary N) is 2. The number of nitrogens with zero attached hydrogens (tertiary/aromatic N) is 2. The van der Waals surface area contributed by atoms with Gasteiger partial charge in [-0.05, 0) is 55.3 Å². The number of hydrogen-bond acceptors (Lipinski definition) is 7. The maximum atomic E-state index is 14.9. The first-order valence-corrected chi connectivity index (χ1v) is 14.5. The smallest absolute Gasteiger partial charge is 0.408 e. The monoisotopic (exact) mass is 664 g/mol. The first-order chi connectivity index (χ1) is 22.3. The van der Waals surface area contributed by atoms with Gasteiger partial charge in [-0.3, -0.25) is 4.79 Å². The highest BCUT2D eigenvalue weighted by atomic mass is 19.4. The van der Waals surface area contributed by atoms with E-state index < -0.39 is 59.4 Å². The third kappa shape index (κ3) is 7.73. The molecular formula is C32H33F5N4O6. The standard InChI is InChI=1S/C32H33F5N4O6/c1-5-26(32(35,36)37)39-18-13-21(33)28(22(34)14-18)30(42)40-23(31(43)44)15-19-7-8-20(29-38-9-10-41(19)29)27-24(45-3)11-17(16-47-6-2)12-25(27)46-4/h7-14,23,26,39H,5-6,15-16H2,1-4H3,(H,40,42)(H,43,44). The summed E-state index contributed by atoms with van der Waals surface area (Å²) in [6.07, 6.45) is -2.36. The summed E-state index contributed by atoms with van der Waals surface area (Å²) in [6.45, 7) is 3.96. The number of anilines is 1. The average Bonchev–Trinajstić information content (AvgIpc) is 3.52. The van der Waals surface area contributed by atoms with Crippen molar-refractivity contribution in [1.82, 2.24) is 14.7 Å². The van der Waals surface area contributed by atoms with Crippen molar-refractivity contribution in [3.05, 3.63) is 77.2 Å². The molecule has 0 saturated heterocycles. The van der Waals surface area contributed by atoms with Crippen LogP contribution in [0.2, 0.25) is 0 Å². The molecule has 0 spiro atoms. The van der Waals surface area contributed by atoms with Gasteiger partial charge in [0.2, 0.25) is 0 Å². The van der Waals surface area contributed by atoms with E-state index in [-0.39, 0.29) is 6.42 Å². The molecule has 0 bridgehead atoms. The minimum absolute atomic E-state index is 0.329. The van der Waals surface area contributed by atoms with Crippen LogP contribution in [0.15, 0.2) is 48.8 Å². The molecule has 2 heterocycles. The van der Waals surface area contributed by atoms with Gasteiger partial charge in [-0.1, -0.05) is 6.92 Å². The Labute approximate surface area is 266 Å². The Morgan fingerprint density at radius 3 is 2.19 bits per heavy atom. The number of halogens is 5. The maximum absolute atomic E-state index is 14.9. The van der Waals surface area contributed by atoms with E-state index >= 15 is 0 Å². The van der Waals surface area contributed by atoms with E-state index in [1.807, 2.05) is 12.2 Å². The first kappa shape index (κ1) is 34.9. The summed E-state index contributed by atoms with van der Waals surface area (Å²) in [5.41, 5.74) is 1.07. The molecule has 3 N–H and O–H groups in total. The summed E-state index contributed by atoms with van der Waals surface area (Å²) in [5.74, 6) is -4.89. The second-order valence-corrected chi connectivity index (χ2v) is 10.4. The molecular weight excluding hydrogens is 631 g/mol. The zero-order valence-corrected chi connectivity index (χ0v) is 25.9. The molecule has 252 valence electrons. The van der Waals surface area contributed by atoms with Crippen LogP contribution in [0.4, 0.5) is 27.6 Å². The molecule has 0 radical (unpaired) electrons. The number of methoxy groups -OCH3 is 2. The molecule has 2 aromatic carbocycles. The number of ether oxygens (including phenoxy) is 3. The Kier molecular flexibility index (Phi) is 10.9. The largest absolute Gasteiger partial charge is 0.496 e. The number of fused-ring (bicyclic) bond motifs is 1. The topological polar surface area (TPSA) is 123 Å². The van der Waals surface area contributed by atoms with Crippen molar-refractivity contribution in [2.24, 2.45) is 0 Å². The van der Waals surface area contributed by atoms with E-state index in [0.717, 1.165) is 5.56 Å². The van der Waals surface area contributed by atoms with Crippen LogP contribution in [0.1, 0.15) is 41.9 Å². The molecule has 2 unspecified atom stereocenters. The molecule has 2 aromatic heterocycles. The van der Waals surface area contributed by atoms with Crippen molar-refractivity contribution in [2.45, 2.75) is 51.6 Å². The van der Waals surface area contributed by atoms with Crippen LogP contribution in [-0.2, 0) is 22.6 Å². The molecule has 2 atom stereocenters. The molecule has 10 nitrogen and oxygen atoms in total. The number of carbonyl (C=O) groups is 2. The van der Waals surface area contributed by atoms with Crippen molar-refractivity contribution in [3.63, 3.8) is 0 Å². The summed E-state index contributed by atoms with van der Waals surface area (Å²) in [4.78, 5) is 29.5. The number of aliphatic carboxylic acids is 1. The van der Waals surface area contributed by atoms with E-state index in [2.05, 4.69) is 10.3 Å². The second-order valence-electron chi connectivity index (χ2n) is 10.4. The molecule has 4 aromatic rings. The zero-order chi connectivity index (χ0) is 34.5. The molecule has 0 aliphatic carbocycles. The number of rotatable bonds is 14. The van der Waals surface area contributed by atoms with Crippen molar-refractivity contribution in [3.8, 4) is 22.6 Å². The highest BCUT2D eigenvalue weighted by Gasteiger charge is 2.38. The van der Waals surface area contributed by atoms with Crippen molar-refractivity contribution in [1.29, 1.82) is 0 Å². The Balaban J connectivity index is 1.63. The van der Waals surface area contributed by atoms with Gasteiger partial charge in [-0.25, -0.2) is 18.6 Å². The number of alkyl halides is 3. The highest BCUT2D eigenvalue weighted by Crippen LogP contribution is 2.41. The van der Waals surface area contributed by atoms with E-state index in [1.165, 1.54) is 27.3 Å². The number of amides is 1. The molecule has 15 heteroatoms. The van der Waals surface area contributed by atoms with E-state index in [0.29, 0.717) is 59.3 Å². The zero-order valence-electron chi connectivity index (χ0n) is 25.9. The lowest BCUT2D eigenvalue weighted by Crippen LogP contribution is -2.43. The SMILES string of the molecule is CCOCc1cc(OC)c(-c2ccc(CC(NC(=O)c3c(F)cc(NC(CC)C(F)(F)F)cc3F)C(=O)O)n3ccnc23)c(OC)c1. The number of carboxylic acid groups (broad SMARTS) is 1. The van der Waals surface area contributed by atoms with Crippen LogP contribution in [-0.4, -0.2) is 65.5 Å². The number of carbonyl (C=O) groups excluding carboxylic acids is 1. The summed E-state index contributed by atoms with van der Waals surface area (Å²) in [7, 11) is 3.00. The third-order valence-corrected chi connectivity index (χ3v) is 7.37. The molecule has 1 amide bonds. The molecule has 0 fully saturated rings. The lowest BCUT2D eigenvalue weighted by Gasteiger charge is -2.22. The normalized spacial score (nSPS) is 12.9. The minimum Gasteiger partial charge on any atom is -0.496 e. The molecule has 0 saturated carbocycles. The fraction of sp³-hybridized carbons (Fsp3) is 0.344. The molecule has 0 aliphatic heterocycles. The molecule has 0 aliphatic rings. The first-order valence-electron chi connectivity index (χ1n) is 14.5. The number of hydrogen-bond donors (Lipinski definition) is 3. The number of pyridine rings is 1. The van der Waals surface area contributed by atoms with E-state index in [4.69, 9.17) is 14.2 Å². The van der Waals surface area contributed by atoms with Crippen LogP contribution in [0.3, 0.4) is 0 Å². The summed E-state index contributed by atoms with van der Waals surface area (Å²) < 4.78 is 87.5. The summed E-state index contributed by atoms with van der Waals surface area (Å²) in [5, 5.41) is 14.0. The van der Waals surface area contributed by atoms with Gasteiger partial charge >= 0.3 is 12.1 Å². The van der Waals surface area contributed by atoms with Crippen molar-refractivity contribution < 1.29 is 50.9 Å². The van der Waals surface area contributed by atoms with Crippen LogP contribution in [0.25, 0.3) is 16.8 Å². The summed E-state index contributed by atoms with van der Waals surface area (Å²) in [6, 6.07) is 4.23. The van der Waals surface area contributed by atoms with Gasteiger partial charge in [0.05, 0.1) is 26.4 Å². The fourth-order valence-corrected chi connectivity index (χ4v) is 5.09. The maximum Gasteiger partial charge on any atom is 0.408 e. The Hall–Kier alpha value is -4.92. The fourth-order valence-electron chi connectivity index (χ4n) is 5.09. The Morgan fingerprint density at radius 1 is 1.02 bits per heavy atom. The van der Waals surface area contributed by atoms with Gasteiger partial charge in [0.15, 0.2) is 0 Å². The quantitative estimate of drug-likeness (QED) is 0.140. The van der Waals surface area contributed by atoms with Gasteiger partial charge in [0, 0.05) is 42.4 Å². The number of benzene rings is 2. The number of imidazole rings is 1. The van der Waals surface area contributed by atoms with Gasteiger partial charge in [0.25, 0.3) is 5.91 Å². The van der Waals surface area contributed by atoms with E-state index in [1.54, 1.807) is 34.9 Å². The molecule has 47 heavy (non-hydrogen) atoms. The van der Waals surface area contributed by atoms with Crippen LogP contribution < -0.4 is 20.1 Å². The predicted molar refractivity (Wildman–Crippen MR) is 162 cm³/mol. The van der Waals surface area contributed by atoms with Crippen molar-refractivity contribution >= 4 is 23.2 Å². The lowest BCUT2D eigenvalue weighted by atomic mass is 10.0. The van der Waals surface area contributed by atoms with Gasteiger partial charge in [-0.15, -0.1) is 0 Å².